The lowest BCUT2D eigenvalue weighted by Crippen LogP contribution is -2.44. The summed E-state index contributed by atoms with van der Waals surface area (Å²) in [4.78, 5) is 8.95. The van der Waals surface area contributed by atoms with Crippen LogP contribution in [0.25, 0.3) is 11.3 Å². The van der Waals surface area contributed by atoms with Crippen LogP contribution < -0.4 is 15.8 Å². The van der Waals surface area contributed by atoms with Gasteiger partial charge in [0.25, 0.3) is 0 Å². The minimum atomic E-state index is -0.456. The third-order valence-electron chi connectivity index (χ3n) is 7.30. The summed E-state index contributed by atoms with van der Waals surface area (Å²) in [6.45, 7) is 4.47. The zero-order valence-electron chi connectivity index (χ0n) is 21.3. The van der Waals surface area contributed by atoms with Crippen LogP contribution in [0, 0.1) is 16.7 Å². The third-order valence-corrected chi connectivity index (χ3v) is 7.30. The van der Waals surface area contributed by atoms with Gasteiger partial charge in [0, 0.05) is 50.7 Å². The normalized spacial score (nSPS) is 22.4. The summed E-state index contributed by atoms with van der Waals surface area (Å²) in [5.41, 5.74) is 1.35. The Labute approximate surface area is 213 Å². The number of nitrogens with one attached hydrogen (secondary N) is 2. The molecule has 2 aliphatic rings. The minimum Gasteiger partial charge on any atom is -0.383 e. The van der Waals surface area contributed by atoms with Gasteiger partial charge in [-0.3, -0.25) is 4.98 Å². The van der Waals surface area contributed by atoms with Crippen LogP contribution in [0.5, 0.6) is 0 Å². The highest BCUT2D eigenvalue weighted by Crippen LogP contribution is 2.35. The molecule has 3 heterocycles. The molecule has 4 rings (SSSR count). The van der Waals surface area contributed by atoms with Gasteiger partial charge in [-0.25, -0.2) is 10.1 Å². The zero-order valence-corrected chi connectivity index (χ0v) is 21.3. The maximum Gasteiger partial charge on any atom is 0.126 e. The minimum absolute atomic E-state index is 0.200. The first-order valence-corrected chi connectivity index (χ1v) is 12.9. The van der Waals surface area contributed by atoms with Gasteiger partial charge in [0.1, 0.15) is 5.82 Å². The molecule has 2 aromatic heterocycles. The topological polar surface area (TPSA) is 95.3 Å². The van der Waals surface area contributed by atoms with Gasteiger partial charge in [-0.05, 0) is 63.6 Å². The molecule has 2 N–H and O–H groups in total. The lowest BCUT2D eigenvalue weighted by atomic mass is 9.82. The van der Waals surface area contributed by atoms with Crippen LogP contribution in [0.15, 0.2) is 36.7 Å². The summed E-state index contributed by atoms with van der Waals surface area (Å²) in [5.74, 6) is 0.665. The van der Waals surface area contributed by atoms with Crippen molar-refractivity contribution in [3.05, 3.63) is 36.7 Å². The number of pyridine rings is 2. The van der Waals surface area contributed by atoms with Gasteiger partial charge in [-0.2, -0.15) is 5.26 Å². The van der Waals surface area contributed by atoms with Crippen LogP contribution in [0.3, 0.4) is 0 Å². The van der Waals surface area contributed by atoms with Crippen LogP contribution in [0.1, 0.15) is 45.4 Å². The molecule has 1 aliphatic carbocycles. The lowest BCUT2D eigenvalue weighted by molar-refractivity contribution is 0.0455. The highest BCUT2D eigenvalue weighted by Gasteiger charge is 2.33. The van der Waals surface area contributed by atoms with E-state index in [0.29, 0.717) is 68.0 Å². The van der Waals surface area contributed by atoms with Gasteiger partial charge in [0.15, 0.2) is 0 Å². The predicted octanol–water partition coefficient (Wildman–Crippen LogP) is 4.50. The Morgan fingerprint density at radius 1 is 1.25 bits per heavy atom. The summed E-state index contributed by atoms with van der Waals surface area (Å²) in [7, 11) is 1.71. The summed E-state index contributed by atoms with van der Waals surface area (Å²) in [6.07, 6.45) is 7.99. The fourth-order valence-corrected chi connectivity index (χ4v) is 5.17. The highest BCUT2D eigenvalue weighted by molar-refractivity contribution is 5.75. The molecular formula is C27H37FN6O2. The molecule has 0 unspecified atom stereocenters. The number of aromatic nitrogens is 2. The summed E-state index contributed by atoms with van der Waals surface area (Å²) in [5, 5.41) is 17.5. The fraction of sp³-hybridized carbons (Fsp3) is 0.593. The molecule has 1 saturated heterocycles. The Morgan fingerprint density at radius 2 is 2.03 bits per heavy atom. The molecule has 2 aromatic rings. The lowest BCUT2D eigenvalue weighted by Gasteiger charge is -2.34. The molecular weight excluding hydrogens is 459 g/mol. The predicted molar refractivity (Wildman–Crippen MR) is 138 cm³/mol. The number of rotatable bonds is 10. The van der Waals surface area contributed by atoms with Crippen molar-refractivity contribution in [3.63, 3.8) is 0 Å². The maximum absolute atomic E-state index is 15.7. The number of hydrogen-bond acceptors (Lipinski definition) is 8. The Bertz CT molecular complexity index is 1020. The first kappa shape index (κ1) is 26.3. The molecule has 1 atom stereocenters. The van der Waals surface area contributed by atoms with Crippen molar-refractivity contribution in [2.75, 3.05) is 43.9 Å². The molecule has 2 fully saturated rings. The Kier molecular flexibility index (Phi) is 9.08. The number of anilines is 2. The summed E-state index contributed by atoms with van der Waals surface area (Å²) >= 11 is 0. The summed E-state index contributed by atoms with van der Waals surface area (Å²) in [6, 6.07) is 10.4. The van der Waals surface area contributed by atoms with E-state index < -0.39 is 5.41 Å². The molecule has 0 spiro atoms. The first-order chi connectivity index (χ1) is 17.5. The molecule has 36 heavy (non-hydrogen) atoms. The number of hydrogen-bond donors (Lipinski definition) is 2. The molecule has 8 nitrogen and oxygen atoms in total. The van der Waals surface area contributed by atoms with Crippen molar-refractivity contribution in [2.24, 2.45) is 5.41 Å². The van der Waals surface area contributed by atoms with E-state index in [1.165, 1.54) is 0 Å². The van der Waals surface area contributed by atoms with Crippen molar-refractivity contribution < 1.29 is 14.0 Å². The second-order valence-corrected chi connectivity index (χ2v) is 10.00. The number of ether oxygens (including phenoxy) is 2. The summed E-state index contributed by atoms with van der Waals surface area (Å²) < 4.78 is 26.4. The maximum atomic E-state index is 15.7. The molecule has 0 amide bonds. The van der Waals surface area contributed by atoms with E-state index in [1.54, 1.807) is 19.5 Å². The van der Waals surface area contributed by atoms with E-state index in [1.807, 2.05) is 24.3 Å². The van der Waals surface area contributed by atoms with Crippen LogP contribution in [0.2, 0.25) is 0 Å². The molecule has 9 heteroatoms. The Balaban J connectivity index is 1.43. The van der Waals surface area contributed by atoms with Gasteiger partial charge in [-0.15, -0.1) is 0 Å². The van der Waals surface area contributed by atoms with Gasteiger partial charge in [-0.1, -0.05) is 10.5 Å². The monoisotopic (exact) mass is 496 g/mol. The van der Waals surface area contributed by atoms with Gasteiger partial charge in [0.05, 0.1) is 41.7 Å². The van der Waals surface area contributed by atoms with Crippen LogP contribution in [0.4, 0.5) is 16.0 Å². The zero-order chi connectivity index (χ0) is 25.4. The average molecular weight is 497 g/mol. The van der Waals surface area contributed by atoms with Gasteiger partial charge < -0.3 is 20.1 Å². The van der Waals surface area contributed by atoms with Crippen molar-refractivity contribution in [3.8, 4) is 17.3 Å². The standard InChI is InChI=1S/C27H37FN6O2/c1-20(17-35-2)32-21-6-8-22(9-7-21)34(28)25-16-30-13-10-23(25)24-4-3-5-26(33-24)31-19-27(18-29)11-14-36-15-12-27/h3-5,10,13,16,20-22,32H,6-9,11-12,14-15,17,19H2,1-2H3,(H,31,33)/t20-,21?,22?/m1/s1. The fourth-order valence-electron chi connectivity index (χ4n) is 5.17. The Morgan fingerprint density at radius 3 is 2.75 bits per heavy atom. The van der Waals surface area contributed by atoms with Crippen molar-refractivity contribution in [1.82, 2.24) is 15.3 Å². The molecule has 1 aliphatic heterocycles. The Hall–Kier alpha value is -2.80. The second kappa shape index (κ2) is 12.4. The average Bonchev–Trinajstić information content (AvgIpc) is 2.93. The van der Waals surface area contributed by atoms with Crippen LogP contribution in [-0.2, 0) is 9.47 Å². The van der Waals surface area contributed by atoms with E-state index in [0.717, 1.165) is 30.8 Å². The van der Waals surface area contributed by atoms with E-state index in [4.69, 9.17) is 14.5 Å². The molecule has 194 valence electrons. The number of methoxy groups -OCH3 is 1. The number of halogens is 1. The third kappa shape index (κ3) is 6.49. The largest absolute Gasteiger partial charge is 0.383 e. The van der Waals surface area contributed by atoms with Crippen molar-refractivity contribution >= 4 is 11.5 Å². The second-order valence-electron chi connectivity index (χ2n) is 10.00. The first-order valence-electron chi connectivity index (χ1n) is 12.9. The van der Waals surface area contributed by atoms with Crippen molar-refractivity contribution in [2.45, 2.75) is 63.6 Å². The molecule has 1 saturated carbocycles. The van der Waals surface area contributed by atoms with Gasteiger partial charge in [0.2, 0.25) is 0 Å². The highest BCUT2D eigenvalue weighted by atomic mass is 19.2. The smallest absolute Gasteiger partial charge is 0.126 e. The quantitative estimate of drug-likeness (QED) is 0.464. The number of nitriles is 1. The van der Waals surface area contributed by atoms with E-state index in [2.05, 4.69) is 28.6 Å². The molecule has 0 aromatic carbocycles. The SMILES string of the molecule is COC[C@@H](C)NC1CCC(N(F)c2cnccc2-c2cccc(NCC3(C#N)CCOCC3)n2)CC1. The molecule has 0 radical (unpaired) electrons. The number of nitrogens with zero attached hydrogens (tertiary/aromatic N) is 4. The van der Waals surface area contributed by atoms with E-state index in [-0.39, 0.29) is 12.1 Å². The van der Waals surface area contributed by atoms with Crippen LogP contribution in [-0.4, -0.2) is 61.6 Å². The van der Waals surface area contributed by atoms with E-state index >= 15 is 4.48 Å². The van der Waals surface area contributed by atoms with Gasteiger partial charge >= 0.3 is 0 Å². The van der Waals surface area contributed by atoms with Crippen LogP contribution >= 0.6 is 0 Å². The van der Waals surface area contributed by atoms with Crippen molar-refractivity contribution in [1.29, 1.82) is 5.26 Å². The molecule has 0 bridgehead atoms. The van der Waals surface area contributed by atoms with E-state index in [9.17, 15) is 5.26 Å².